The van der Waals surface area contributed by atoms with Crippen LogP contribution in [-0.2, 0) is 25.8 Å². The SMILES string of the molecule is CCO/N=C(/C(C)=N/OCc1ccccc1/C(=N\O)C(=O)OC)c1ccc(Br)cc1. The summed E-state index contributed by atoms with van der Waals surface area (Å²) >= 11 is 3.41. The highest BCUT2D eigenvalue weighted by atomic mass is 79.9. The lowest BCUT2D eigenvalue weighted by molar-refractivity contribution is -0.132. The molecule has 0 radical (unpaired) electrons. The number of rotatable bonds is 9. The molecule has 0 bridgehead atoms. The number of carbonyl (C=O) groups excluding carboxylic acids is 1. The summed E-state index contributed by atoms with van der Waals surface area (Å²) in [5, 5.41) is 20.5. The van der Waals surface area contributed by atoms with Crippen molar-refractivity contribution < 1.29 is 24.4 Å². The summed E-state index contributed by atoms with van der Waals surface area (Å²) in [6.07, 6.45) is 0. The van der Waals surface area contributed by atoms with E-state index < -0.39 is 5.97 Å². The Balaban J connectivity index is 2.23. The first-order valence-corrected chi connectivity index (χ1v) is 9.82. The minimum atomic E-state index is -0.758. The second-order valence-electron chi connectivity index (χ2n) is 5.91. The zero-order valence-corrected chi connectivity index (χ0v) is 18.4. The van der Waals surface area contributed by atoms with Crippen LogP contribution in [0.3, 0.4) is 0 Å². The Kier molecular flexibility index (Phi) is 9.02. The smallest absolute Gasteiger partial charge is 0.360 e. The molecule has 8 nitrogen and oxygen atoms in total. The molecule has 0 heterocycles. The number of methoxy groups -OCH3 is 1. The fourth-order valence-corrected chi connectivity index (χ4v) is 2.75. The van der Waals surface area contributed by atoms with E-state index >= 15 is 0 Å². The molecule has 30 heavy (non-hydrogen) atoms. The van der Waals surface area contributed by atoms with Crippen LogP contribution in [-0.4, -0.2) is 42.0 Å². The van der Waals surface area contributed by atoms with Crippen molar-refractivity contribution in [2.24, 2.45) is 15.5 Å². The lowest BCUT2D eigenvalue weighted by Gasteiger charge is -2.10. The van der Waals surface area contributed by atoms with Crippen molar-refractivity contribution in [1.29, 1.82) is 0 Å². The predicted molar refractivity (Wildman–Crippen MR) is 117 cm³/mol. The minimum Gasteiger partial charge on any atom is -0.464 e. The Morgan fingerprint density at radius 2 is 1.73 bits per heavy atom. The van der Waals surface area contributed by atoms with Crippen molar-refractivity contribution in [3.8, 4) is 0 Å². The van der Waals surface area contributed by atoms with Crippen LogP contribution in [0.2, 0.25) is 0 Å². The summed E-state index contributed by atoms with van der Waals surface area (Å²) in [7, 11) is 1.21. The third-order valence-corrected chi connectivity index (χ3v) is 4.45. The van der Waals surface area contributed by atoms with Gasteiger partial charge in [0.15, 0.2) is 5.71 Å². The van der Waals surface area contributed by atoms with Crippen molar-refractivity contribution in [3.05, 3.63) is 69.7 Å². The summed E-state index contributed by atoms with van der Waals surface area (Å²) < 4.78 is 5.59. The second kappa shape index (κ2) is 11.7. The van der Waals surface area contributed by atoms with E-state index in [0.717, 1.165) is 10.0 Å². The molecule has 0 aliphatic heterocycles. The Hall–Kier alpha value is -3.20. The van der Waals surface area contributed by atoms with Gasteiger partial charge in [0.05, 0.1) is 7.11 Å². The normalized spacial score (nSPS) is 12.5. The van der Waals surface area contributed by atoms with E-state index in [4.69, 9.17) is 9.68 Å². The molecular weight excluding hydrogens is 454 g/mol. The van der Waals surface area contributed by atoms with Gasteiger partial charge in [-0.25, -0.2) is 4.79 Å². The fraction of sp³-hybridized carbons (Fsp3) is 0.238. The highest BCUT2D eigenvalue weighted by Gasteiger charge is 2.19. The number of hydrogen-bond acceptors (Lipinski definition) is 8. The number of carbonyl (C=O) groups is 1. The number of nitrogens with zero attached hydrogens (tertiary/aromatic N) is 3. The van der Waals surface area contributed by atoms with Gasteiger partial charge in [0.2, 0.25) is 0 Å². The average Bonchev–Trinajstić information content (AvgIpc) is 2.76. The summed E-state index contributed by atoms with van der Waals surface area (Å²) in [5.74, 6) is -0.758. The zero-order chi connectivity index (χ0) is 21.9. The zero-order valence-electron chi connectivity index (χ0n) is 16.8. The van der Waals surface area contributed by atoms with Gasteiger partial charge in [0.25, 0.3) is 0 Å². The molecule has 9 heteroatoms. The van der Waals surface area contributed by atoms with Crippen LogP contribution in [0.5, 0.6) is 0 Å². The standard InChI is InChI=1S/C21H22BrN3O5/c1-4-29-25-19(15-9-11-17(22)12-10-15)14(2)24-30-13-16-7-5-6-8-18(16)20(23-27)21(26)28-3/h5-12,27H,4,13H2,1-3H3/b23-20+,24-14+,25-19-. The van der Waals surface area contributed by atoms with E-state index in [9.17, 15) is 10.0 Å². The molecule has 0 aliphatic carbocycles. The maximum atomic E-state index is 11.8. The molecule has 0 amide bonds. The van der Waals surface area contributed by atoms with Crippen LogP contribution in [0, 0.1) is 0 Å². The molecule has 2 aromatic carbocycles. The Labute approximate surface area is 182 Å². The highest BCUT2D eigenvalue weighted by Crippen LogP contribution is 2.15. The lowest BCUT2D eigenvalue weighted by Crippen LogP contribution is -2.19. The van der Waals surface area contributed by atoms with Crippen LogP contribution in [0.1, 0.15) is 30.5 Å². The predicted octanol–water partition coefficient (Wildman–Crippen LogP) is 4.13. The number of benzene rings is 2. The lowest BCUT2D eigenvalue weighted by atomic mass is 10.0. The van der Waals surface area contributed by atoms with Gasteiger partial charge in [0, 0.05) is 21.2 Å². The summed E-state index contributed by atoms with van der Waals surface area (Å²) in [4.78, 5) is 22.5. The summed E-state index contributed by atoms with van der Waals surface area (Å²) in [6, 6.07) is 14.4. The molecule has 0 aliphatic rings. The first-order chi connectivity index (χ1) is 14.5. The first-order valence-electron chi connectivity index (χ1n) is 9.03. The number of hydrogen-bond donors (Lipinski definition) is 1. The molecule has 0 saturated carbocycles. The number of oxime groups is 3. The van der Waals surface area contributed by atoms with E-state index in [2.05, 4.69) is 36.1 Å². The Morgan fingerprint density at radius 3 is 2.37 bits per heavy atom. The minimum absolute atomic E-state index is 0.0335. The van der Waals surface area contributed by atoms with E-state index in [1.54, 1.807) is 31.2 Å². The first kappa shape index (κ1) is 23.1. The van der Waals surface area contributed by atoms with Crippen LogP contribution in [0.25, 0.3) is 0 Å². The molecule has 0 fully saturated rings. The number of halogens is 1. The van der Waals surface area contributed by atoms with Gasteiger partial charge in [-0.05, 0) is 26.0 Å². The maximum absolute atomic E-state index is 11.8. The highest BCUT2D eigenvalue weighted by molar-refractivity contribution is 9.10. The maximum Gasteiger partial charge on any atom is 0.360 e. The molecule has 0 aromatic heterocycles. The van der Waals surface area contributed by atoms with Crippen molar-refractivity contribution in [2.75, 3.05) is 13.7 Å². The molecule has 2 rings (SSSR count). The van der Waals surface area contributed by atoms with Crippen molar-refractivity contribution >= 4 is 39.0 Å². The Morgan fingerprint density at radius 1 is 1.03 bits per heavy atom. The van der Waals surface area contributed by atoms with Gasteiger partial charge in [0.1, 0.15) is 24.6 Å². The van der Waals surface area contributed by atoms with E-state index in [0.29, 0.717) is 29.2 Å². The van der Waals surface area contributed by atoms with Crippen LogP contribution in [0.15, 0.2) is 68.5 Å². The van der Waals surface area contributed by atoms with Gasteiger partial charge in [-0.15, -0.1) is 0 Å². The van der Waals surface area contributed by atoms with E-state index in [1.165, 1.54) is 7.11 Å². The molecule has 158 valence electrons. The molecule has 1 N–H and O–H groups in total. The fourth-order valence-electron chi connectivity index (χ4n) is 2.48. The molecule has 0 saturated heterocycles. The van der Waals surface area contributed by atoms with Gasteiger partial charge in [-0.2, -0.15) is 0 Å². The monoisotopic (exact) mass is 475 g/mol. The third kappa shape index (κ3) is 6.15. The van der Waals surface area contributed by atoms with E-state index in [-0.39, 0.29) is 12.3 Å². The molecule has 0 atom stereocenters. The number of ether oxygens (including phenoxy) is 1. The quantitative estimate of drug-likeness (QED) is 0.254. The van der Waals surface area contributed by atoms with E-state index in [1.807, 2.05) is 31.2 Å². The summed E-state index contributed by atoms with van der Waals surface area (Å²) in [6.45, 7) is 4.04. The van der Waals surface area contributed by atoms with Crippen molar-refractivity contribution in [3.63, 3.8) is 0 Å². The second-order valence-corrected chi connectivity index (χ2v) is 6.83. The molecule has 2 aromatic rings. The van der Waals surface area contributed by atoms with Crippen LogP contribution in [0.4, 0.5) is 0 Å². The third-order valence-electron chi connectivity index (χ3n) is 3.92. The van der Waals surface area contributed by atoms with Crippen LogP contribution >= 0.6 is 15.9 Å². The number of esters is 1. The largest absolute Gasteiger partial charge is 0.464 e. The van der Waals surface area contributed by atoms with Crippen LogP contribution < -0.4 is 0 Å². The topological polar surface area (TPSA) is 102 Å². The molecular formula is C21H22BrN3O5. The Bertz CT molecular complexity index is 955. The van der Waals surface area contributed by atoms with Gasteiger partial charge >= 0.3 is 5.97 Å². The van der Waals surface area contributed by atoms with Gasteiger partial charge in [-0.1, -0.05) is 67.8 Å². The molecule has 0 spiro atoms. The van der Waals surface area contributed by atoms with Gasteiger partial charge < -0.3 is 19.6 Å². The average molecular weight is 476 g/mol. The molecule has 0 unspecified atom stereocenters. The van der Waals surface area contributed by atoms with Crippen molar-refractivity contribution in [1.82, 2.24) is 0 Å². The van der Waals surface area contributed by atoms with Crippen molar-refractivity contribution in [2.45, 2.75) is 20.5 Å². The van der Waals surface area contributed by atoms with Gasteiger partial charge in [-0.3, -0.25) is 0 Å². The summed E-state index contributed by atoms with van der Waals surface area (Å²) in [5.41, 5.74) is 2.62.